The standard InChI is InChI=1S/C9H5N4O/c1-2-4-8-7(3-1)5-9(14-8)13-6-10-11-12-13/h1-5H. The van der Waals surface area contributed by atoms with Crippen molar-refractivity contribution in [2.75, 3.05) is 0 Å². The number of hydrogen-bond acceptors (Lipinski definition) is 4. The molecule has 0 aliphatic rings. The average Bonchev–Trinajstić information content (AvgIpc) is 2.86. The molecule has 3 rings (SSSR count). The van der Waals surface area contributed by atoms with E-state index in [4.69, 9.17) is 4.42 Å². The van der Waals surface area contributed by atoms with Crippen LogP contribution in [0.4, 0.5) is 0 Å². The van der Waals surface area contributed by atoms with E-state index in [2.05, 4.69) is 21.9 Å². The van der Waals surface area contributed by atoms with Crippen LogP contribution in [0.3, 0.4) is 0 Å². The minimum Gasteiger partial charge on any atom is -0.438 e. The largest absolute Gasteiger partial charge is 0.438 e. The van der Waals surface area contributed by atoms with E-state index in [9.17, 15) is 0 Å². The van der Waals surface area contributed by atoms with Gasteiger partial charge < -0.3 is 4.42 Å². The van der Waals surface area contributed by atoms with E-state index in [1.165, 1.54) is 4.68 Å². The highest BCUT2D eigenvalue weighted by Crippen LogP contribution is 2.20. The highest BCUT2D eigenvalue weighted by atomic mass is 16.4. The maximum atomic E-state index is 5.50. The molecule has 0 aliphatic carbocycles. The lowest BCUT2D eigenvalue weighted by atomic mass is 10.3. The minimum atomic E-state index is 0.566. The van der Waals surface area contributed by atoms with Gasteiger partial charge in [-0.25, -0.2) is 0 Å². The zero-order valence-electron chi connectivity index (χ0n) is 7.08. The molecule has 0 unspecified atom stereocenters. The number of fused-ring (bicyclic) bond motifs is 1. The van der Waals surface area contributed by atoms with Gasteiger partial charge >= 0.3 is 0 Å². The molecule has 0 fully saturated rings. The Labute approximate surface area is 78.9 Å². The molecule has 14 heavy (non-hydrogen) atoms. The van der Waals surface area contributed by atoms with Crippen LogP contribution >= 0.6 is 0 Å². The van der Waals surface area contributed by atoms with E-state index in [1.54, 1.807) is 0 Å². The Balaban J connectivity index is 2.24. The molecule has 67 valence electrons. The Morgan fingerprint density at radius 2 is 2.21 bits per heavy atom. The fraction of sp³-hybridized carbons (Fsp3) is 0. The second kappa shape index (κ2) is 2.66. The van der Waals surface area contributed by atoms with Gasteiger partial charge in [-0.1, -0.05) is 18.2 Å². The van der Waals surface area contributed by atoms with Crippen LogP contribution in [0.1, 0.15) is 0 Å². The Kier molecular flexibility index (Phi) is 1.38. The van der Waals surface area contributed by atoms with Gasteiger partial charge in [-0.05, 0) is 16.5 Å². The molecule has 2 heterocycles. The quantitative estimate of drug-likeness (QED) is 0.571. The summed E-state index contributed by atoms with van der Waals surface area (Å²) in [5.74, 6) is 0.566. The minimum absolute atomic E-state index is 0.566. The molecule has 2 aromatic heterocycles. The average molecular weight is 185 g/mol. The molecule has 1 radical (unpaired) electrons. The summed E-state index contributed by atoms with van der Waals surface area (Å²) in [7, 11) is 0. The fourth-order valence-electron chi connectivity index (χ4n) is 1.31. The second-order valence-corrected chi connectivity index (χ2v) is 2.81. The third-order valence-corrected chi connectivity index (χ3v) is 1.93. The van der Waals surface area contributed by atoms with E-state index in [0.29, 0.717) is 5.88 Å². The highest BCUT2D eigenvalue weighted by molar-refractivity contribution is 5.79. The van der Waals surface area contributed by atoms with E-state index < -0.39 is 0 Å². The number of furan rings is 1. The summed E-state index contributed by atoms with van der Waals surface area (Å²) < 4.78 is 6.86. The summed E-state index contributed by atoms with van der Waals surface area (Å²) >= 11 is 0. The molecule has 0 bridgehead atoms. The number of aromatic nitrogens is 4. The van der Waals surface area contributed by atoms with Crippen molar-refractivity contribution in [3.8, 4) is 5.88 Å². The van der Waals surface area contributed by atoms with Crippen LogP contribution in [0.15, 0.2) is 34.7 Å². The van der Waals surface area contributed by atoms with Crippen LogP contribution in [0.5, 0.6) is 0 Å². The van der Waals surface area contributed by atoms with Gasteiger partial charge in [0.15, 0.2) is 0 Å². The number of para-hydroxylation sites is 1. The number of tetrazole rings is 1. The molecule has 5 nitrogen and oxygen atoms in total. The monoisotopic (exact) mass is 185 g/mol. The summed E-state index contributed by atoms with van der Waals surface area (Å²) in [6.07, 6.45) is 2.57. The first-order valence-corrected chi connectivity index (χ1v) is 4.08. The summed E-state index contributed by atoms with van der Waals surface area (Å²) in [5.41, 5.74) is 0.811. The van der Waals surface area contributed by atoms with Gasteiger partial charge in [-0.15, -0.1) is 5.10 Å². The molecule has 3 aromatic rings. The van der Waals surface area contributed by atoms with Crippen molar-refractivity contribution < 1.29 is 4.42 Å². The van der Waals surface area contributed by atoms with Crippen LogP contribution in [0.25, 0.3) is 16.9 Å². The Hall–Kier alpha value is -2.17. The van der Waals surface area contributed by atoms with Crippen molar-refractivity contribution in [3.63, 3.8) is 0 Å². The molecule has 0 saturated heterocycles. The van der Waals surface area contributed by atoms with Crippen LogP contribution in [-0.2, 0) is 0 Å². The van der Waals surface area contributed by atoms with Crippen molar-refractivity contribution in [1.82, 2.24) is 20.2 Å². The normalized spacial score (nSPS) is 10.9. The van der Waals surface area contributed by atoms with E-state index >= 15 is 0 Å². The fourth-order valence-corrected chi connectivity index (χ4v) is 1.31. The first-order valence-electron chi connectivity index (χ1n) is 4.08. The molecule has 0 amide bonds. The van der Waals surface area contributed by atoms with Gasteiger partial charge in [-0.3, -0.25) is 0 Å². The lowest BCUT2D eigenvalue weighted by molar-refractivity contribution is 0.551. The molecular formula is C9H5N4O. The first kappa shape index (κ1) is 7.25. The second-order valence-electron chi connectivity index (χ2n) is 2.81. The van der Waals surface area contributed by atoms with Gasteiger partial charge in [0.1, 0.15) is 5.58 Å². The smallest absolute Gasteiger partial charge is 0.229 e. The van der Waals surface area contributed by atoms with Crippen molar-refractivity contribution in [2.24, 2.45) is 0 Å². The van der Waals surface area contributed by atoms with Crippen molar-refractivity contribution in [1.29, 1.82) is 0 Å². The first-order chi connectivity index (χ1) is 6.93. The van der Waals surface area contributed by atoms with Gasteiger partial charge in [0.25, 0.3) is 0 Å². The number of nitrogens with zero attached hydrogens (tertiary/aromatic N) is 4. The van der Waals surface area contributed by atoms with Crippen LogP contribution in [-0.4, -0.2) is 20.2 Å². The van der Waals surface area contributed by atoms with E-state index in [1.807, 2.05) is 30.3 Å². The summed E-state index contributed by atoms with van der Waals surface area (Å²) in [4.78, 5) is 0. The lowest BCUT2D eigenvalue weighted by Crippen LogP contribution is -1.91. The molecule has 0 atom stereocenters. The summed E-state index contributed by atoms with van der Waals surface area (Å²) in [6.45, 7) is 0. The Bertz CT molecular complexity index is 522. The Morgan fingerprint density at radius 3 is 3.00 bits per heavy atom. The SMILES string of the molecule is [c]1nnnn1-c1cc2ccccc2o1. The lowest BCUT2D eigenvalue weighted by Gasteiger charge is -1.87. The molecule has 0 N–H and O–H groups in total. The molecule has 1 aromatic carbocycles. The van der Waals surface area contributed by atoms with Crippen LogP contribution in [0, 0.1) is 6.33 Å². The van der Waals surface area contributed by atoms with Gasteiger partial charge in [-0.2, -0.15) is 4.68 Å². The predicted octanol–water partition coefficient (Wildman–Crippen LogP) is 1.21. The van der Waals surface area contributed by atoms with E-state index in [-0.39, 0.29) is 0 Å². The molecule has 0 saturated carbocycles. The number of hydrogen-bond donors (Lipinski definition) is 0. The van der Waals surface area contributed by atoms with Gasteiger partial charge in [0, 0.05) is 11.5 Å². The maximum Gasteiger partial charge on any atom is 0.229 e. The van der Waals surface area contributed by atoms with Gasteiger partial charge in [0.05, 0.1) is 0 Å². The molecular weight excluding hydrogens is 180 g/mol. The third-order valence-electron chi connectivity index (χ3n) is 1.93. The van der Waals surface area contributed by atoms with Crippen LogP contribution in [0.2, 0.25) is 0 Å². The zero-order chi connectivity index (χ0) is 9.38. The highest BCUT2D eigenvalue weighted by Gasteiger charge is 2.05. The Morgan fingerprint density at radius 1 is 1.29 bits per heavy atom. The summed E-state index contributed by atoms with van der Waals surface area (Å²) in [5, 5.41) is 11.6. The van der Waals surface area contributed by atoms with E-state index in [0.717, 1.165) is 11.0 Å². The number of benzene rings is 1. The van der Waals surface area contributed by atoms with Crippen molar-refractivity contribution in [3.05, 3.63) is 36.7 Å². The van der Waals surface area contributed by atoms with Crippen LogP contribution < -0.4 is 0 Å². The maximum absolute atomic E-state index is 5.50. The third kappa shape index (κ3) is 0.990. The summed E-state index contributed by atoms with van der Waals surface area (Å²) in [6, 6.07) is 9.59. The topological polar surface area (TPSA) is 56.7 Å². The zero-order valence-corrected chi connectivity index (χ0v) is 7.08. The molecule has 5 heteroatoms. The van der Waals surface area contributed by atoms with Crippen molar-refractivity contribution >= 4 is 11.0 Å². The predicted molar refractivity (Wildman–Crippen MR) is 47.8 cm³/mol. The molecule has 0 spiro atoms. The van der Waals surface area contributed by atoms with Gasteiger partial charge in [0.2, 0.25) is 12.2 Å². The van der Waals surface area contributed by atoms with Crippen molar-refractivity contribution in [2.45, 2.75) is 0 Å². The molecule has 0 aliphatic heterocycles. The number of rotatable bonds is 1.